The van der Waals surface area contributed by atoms with Crippen molar-refractivity contribution in [3.63, 3.8) is 0 Å². The molecule has 0 aliphatic carbocycles. The van der Waals surface area contributed by atoms with Gasteiger partial charge in [-0.3, -0.25) is 14.7 Å². The van der Waals surface area contributed by atoms with Gasteiger partial charge < -0.3 is 0 Å². The molecular weight excluding hydrogens is 492 g/mol. The summed E-state index contributed by atoms with van der Waals surface area (Å²) in [6.07, 6.45) is 5.33. The SMILES string of the molecule is Cc1cccc2sc(N(Cc3cccnc3)C(=O)c3ccc(S(=O)(=O)N4CCCC(C)C4)cc3)nc12. The molecule has 1 unspecified atom stereocenters. The van der Waals surface area contributed by atoms with Gasteiger partial charge in [-0.2, -0.15) is 4.31 Å². The van der Waals surface area contributed by atoms with Crippen molar-refractivity contribution in [2.75, 3.05) is 18.0 Å². The summed E-state index contributed by atoms with van der Waals surface area (Å²) < 4.78 is 28.9. The fourth-order valence-corrected chi connectivity index (χ4v) is 7.17. The van der Waals surface area contributed by atoms with Crippen LogP contribution in [0.4, 0.5) is 5.13 Å². The fourth-order valence-electron chi connectivity index (χ4n) is 4.53. The van der Waals surface area contributed by atoms with Gasteiger partial charge in [-0.15, -0.1) is 0 Å². The molecule has 2 aromatic heterocycles. The van der Waals surface area contributed by atoms with Crippen LogP contribution in [0.3, 0.4) is 0 Å². The van der Waals surface area contributed by atoms with Gasteiger partial charge in [-0.05, 0) is 73.2 Å². The lowest BCUT2D eigenvalue weighted by Gasteiger charge is -2.30. The first-order valence-corrected chi connectivity index (χ1v) is 14.3. The molecule has 3 heterocycles. The number of sulfonamides is 1. The summed E-state index contributed by atoms with van der Waals surface area (Å²) >= 11 is 1.46. The number of fused-ring (bicyclic) bond motifs is 1. The van der Waals surface area contributed by atoms with Crippen LogP contribution >= 0.6 is 11.3 Å². The molecule has 7 nitrogen and oxygen atoms in total. The highest BCUT2D eigenvalue weighted by atomic mass is 32.2. The van der Waals surface area contributed by atoms with E-state index in [2.05, 4.69) is 11.9 Å². The van der Waals surface area contributed by atoms with Gasteiger partial charge in [0, 0.05) is 31.0 Å². The van der Waals surface area contributed by atoms with E-state index in [4.69, 9.17) is 4.98 Å². The number of benzene rings is 2. The molecule has 5 rings (SSSR count). The van der Waals surface area contributed by atoms with E-state index in [9.17, 15) is 13.2 Å². The Kier molecular flexibility index (Phi) is 6.87. The van der Waals surface area contributed by atoms with Crippen LogP contribution in [0.5, 0.6) is 0 Å². The van der Waals surface area contributed by atoms with Gasteiger partial charge in [0.25, 0.3) is 5.91 Å². The van der Waals surface area contributed by atoms with E-state index >= 15 is 0 Å². The smallest absolute Gasteiger partial charge is 0.260 e. The highest BCUT2D eigenvalue weighted by molar-refractivity contribution is 7.89. The lowest BCUT2D eigenvalue weighted by atomic mass is 10.0. The van der Waals surface area contributed by atoms with Crippen molar-refractivity contribution in [3.8, 4) is 0 Å². The molecule has 4 aromatic rings. The van der Waals surface area contributed by atoms with E-state index in [1.54, 1.807) is 33.7 Å². The number of piperidine rings is 1. The number of carbonyl (C=O) groups excluding carboxylic acids is 1. The van der Waals surface area contributed by atoms with Crippen LogP contribution in [0.25, 0.3) is 10.2 Å². The second-order valence-electron chi connectivity index (χ2n) is 9.31. The summed E-state index contributed by atoms with van der Waals surface area (Å²) in [6, 6.07) is 16.0. The topological polar surface area (TPSA) is 83.5 Å². The lowest BCUT2D eigenvalue weighted by Crippen LogP contribution is -2.39. The summed E-state index contributed by atoms with van der Waals surface area (Å²) in [5.41, 5.74) is 3.20. The van der Waals surface area contributed by atoms with Gasteiger partial charge >= 0.3 is 0 Å². The van der Waals surface area contributed by atoms with Crippen LogP contribution < -0.4 is 4.90 Å². The van der Waals surface area contributed by atoms with Crippen molar-refractivity contribution in [2.45, 2.75) is 38.1 Å². The van der Waals surface area contributed by atoms with E-state index in [1.165, 1.54) is 23.5 Å². The Bertz CT molecular complexity index is 1480. The molecule has 1 fully saturated rings. The molecule has 0 radical (unpaired) electrons. The fraction of sp³-hybridized carbons (Fsp3) is 0.296. The summed E-state index contributed by atoms with van der Waals surface area (Å²) in [4.78, 5) is 24.5. The number of carbonyl (C=O) groups is 1. The molecule has 9 heteroatoms. The van der Waals surface area contributed by atoms with E-state index in [0.29, 0.717) is 36.2 Å². The van der Waals surface area contributed by atoms with Gasteiger partial charge in [-0.25, -0.2) is 13.4 Å². The molecule has 1 aliphatic rings. The van der Waals surface area contributed by atoms with Crippen LogP contribution in [0.15, 0.2) is 71.9 Å². The second-order valence-corrected chi connectivity index (χ2v) is 12.3. The van der Waals surface area contributed by atoms with Gasteiger partial charge in [0.1, 0.15) is 0 Å². The Morgan fingerprint density at radius 1 is 1.14 bits per heavy atom. The Balaban J connectivity index is 1.46. The maximum Gasteiger partial charge on any atom is 0.260 e. The van der Waals surface area contributed by atoms with E-state index < -0.39 is 10.0 Å². The molecule has 36 heavy (non-hydrogen) atoms. The normalized spacial score (nSPS) is 16.8. The number of hydrogen-bond acceptors (Lipinski definition) is 6. The van der Waals surface area contributed by atoms with Crippen LogP contribution in [0.1, 0.15) is 41.3 Å². The standard InChI is InChI=1S/C27H28N4O3S2/c1-19-6-5-15-30(17-19)36(33,34)23-12-10-22(11-13-23)26(32)31(18-21-8-4-14-28-16-21)27-29-25-20(2)7-3-9-24(25)35-27/h3-4,7-14,16,19H,5-6,15,17-18H2,1-2H3. The first-order chi connectivity index (χ1) is 17.3. The summed E-state index contributed by atoms with van der Waals surface area (Å²) in [5, 5.41) is 0.590. The molecule has 0 N–H and O–H groups in total. The molecular formula is C27H28N4O3S2. The molecule has 1 aliphatic heterocycles. The molecule has 0 bridgehead atoms. The number of aryl methyl sites for hydroxylation is 1. The Hall–Kier alpha value is -3.14. The van der Waals surface area contributed by atoms with Crippen molar-refractivity contribution >= 4 is 42.6 Å². The van der Waals surface area contributed by atoms with Crippen LogP contribution in [-0.2, 0) is 16.6 Å². The molecule has 0 spiro atoms. The van der Waals surface area contributed by atoms with Crippen LogP contribution in [0.2, 0.25) is 0 Å². The first-order valence-electron chi connectivity index (χ1n) is 12.0. The highest BCUT2D eigenvalue weighted by Crippen LogP contribution is 2.32. The van der Waals surface area contributed by atoms with Gasteiger partial charge in [0.05, 0.1) is 21.7 Å². The lowest BCUT2D eigenvalue weighted by molar-refractivity contribution is 0.0985. The zero-order valence-electron chi connectivity index (χ0n) is 20.3. The predicted octanol–water partition coefficient (Wildman–Crippen LogP) is 5.27. The minimum atomic E-state index is -3.59. The number of amides is 1. The molecule has 1 amide bonds. The van der Waals surface area contributed by atoms with Crippen molar-refractivity contribution in [2.24, 2.45) is 5.92 Å². The quantitative estimate of drug-likeness (QED) is 0.346. The number of pyridine rings is 1. The third-order valence-electron chi connectivity index (χ3n) is 6.51. The zero-order valence-corrected chi connectivity index (χ0v) is 21.9. The van der Waals surface area contributed by atoms with Crippen molar-refractivity contribution in [1.82, 2.24) is 14.3 Å². The monoisotopic (exact) mass is 520 g/mol. The number of thiazole rings is 1. The number of anilines is 1. The molecule has 1 saturated heterocycles. The van der Waals surface area contributed by atoms with Crippen molar-refractivity contribution in [1.29, 1.82) is 0 Å². The Morgan fingerprint density at radius 3 is 2.64 bits per heavy atom. The summed E-state index contributed by atoms with van der Waals surface area (Å²) in [7, 11) is -3.59. The summed E-state index contributed by atoms with van der Waals surface area (Å²) in [6.45, 7) is 5.44. The maximum absolute atomic E-state index is 13.7. The first kappa shape index (κ1) is 24.5. The number of nitrogens with zero attached hydrogens (tertiary/aromatic N) is 4. The van der Waals surface area contributed by atoms with Crippen LogP contribution in [0, 0.1) is 12.8 Å². The number of hydrogen-bond donors (Lipinski definition) is 0. The van der Waals surface area contributed by atoms with E-state index in [-0.39, 0.29) is 10.8 Å². The third-order valence-corrected chi connectivity index (χ3v) is 9.43. The second kappa shape index (κ2) is 10.1. The Morgan fingerprint density at radius 2 is 1.94 bits per heavy atom. The number of para-hydroxylation sites is 1. The minimum absolute atomic E-state index is 0.211. The largest absolute Gasteiger partial charge is 0.279 e. The van der Waals surface area contributed by atoms with Crippen molar-refractivity contribution < 1.29 is 13.2 Å². The van der Waals surface area contributed by atoms with Crippen LogP contribution in [-0.4, -0.2) is 41.7 Å². The van der Waals surface area contributed by atoms with Gasteiger partial charge in [0.15, 0.2) is 5.13 Å². The van der Waals surface area contributed by atoms with E-state index in [1.807, 2.05) is 37.3 Å². The number of aromatic nitrogens is 2. The zero-order chi connectivity index (χ0) is 25.3. The molecule has 186 valence electrons. The highest BCUT2D eigenvalue weighted by Gasteiger charge is 2.29. The molecule has 0 saturated carbocycles. The Labute approximate surface area is 215 Å². The minimum Gasteiger partial charge on any atom is -0.279 e. The van der Waals surface area contributed by atoms with Gasteiger partial charge in [0.2, 0.25) is 10.0 Å². The molecule has 2 aromatic carbocycles. The average Bonchev–Trinajstić information content (AvgIpc) is 3.33. The number of rotatable bonds is 6. The molecule has 1 atom stereocenters. The third kappa shape index (κ3) is 4.91. The van der Waals surface area contributed by atoms with E-state index in [0.717, 1.165) is 34.2 Å². The maximum atomic E-state index is 13.7. The predicted molar refractivity (Wildman–Crippen MR) is 143 cm³/mol. The van der Waals surface area contributed by atoms with Gasteiger partial charge in [-0.1, -0.05) is 36.5 Å². The average molecular weight is 521 g/mol. The van der Waals surface area contributed by atoms with Crippen molar-refractivity contribution in [3.05, 3.63) is 83.7 Å². The summed E-state index contributed by atoms with van der Waals surface area (Å²) in [5.74, 6) is 0.0963.